The maximum Gasteiger partial charge on any atom is 0.273 e. The van der Waals surface area contributed by atoms with Crippen LogP contribution in [0.15, 0.2) is 10.6 Å². The number of aromatic nitrogens is 1. The molecular weight excluding hydrogens is 311 g/mol. The van der Waals surface area contributed by atoms with Crippen molar-refractivity contribution in [3.05, 3.63) is 15.5 Å². The molecule has 0 bridgehead atoms. The smallest absolute Gasteiger partial charge is 0.273 e. The van der Waals surface area contributed by atoms with Crippen molar-refractivity contribution in [3.8, 4) is 0 Å². The Hall–Kier alpha value is -0.630. The molecule has 0 aliphatic rings. The maximum absolute atomic E-state index is 11.4. The van der Waals surface area contributed by atoms with Gasteiger partial charge in [-0.15, -0.1) is 0 Å². The number of carbonyl (C=O) groups is 1. The second kappa shape index (κ2) is 6.78. The van der Waals surface area contributed by atoms with Crippen LogP contribution in [0.4, 0.5) is 0 Å². The third-order valence-corrected chi connectivity index (χ3v) is 2.34. The zero-order valence-corrected chi connectivity index (χ0v) is 10.4. The number of carbonyl (C=O) groups excluding carboxylic acids is 1. The number of unbranched alkanes of at least 4 members (excludes halogenated alkanes) is 2. The number of amides is 1. The van der Waals surface area contributed by atoms with Crippen molar-refractivity contribution < 1.29 is 14.4 Å². The highest BCUT2D eigenvalue weighted by Crippen LogP contribution is 2.05. The van der Waals surface area contributed by atoms with Crippen LogP contribution >= 0.6 is 22.6 Å². The predicted octanol–water partition coefficient (Wildman–Crippen LogP) is 1.17. The Kier molecular flexibility index (Phi) is 5.62. The van der Waals surface area contributed by atoms with Crippen LogP contribution in [0.1, 0.15) is 29.8 Å². The van der Waals surface area contributed by atoms with Gasteiger partial charge in [0, 0.05) is 41.8 Å². The second-order valence-electron chi connectivity index (χ2n) is 3.06. The lowest BCUT2D eigenvalue weighted by Crippen LogP contribution is -2.24. The molecule has 1 aromatic heterocycles. The predicted molar refractivity (Wildman–Crippen MR) is 62.5 cm³/mol. The molecule has 1 aromatic rings. The van der Waals surface area contributed by atoms with Crippen LogP contribution in [0.3, 0.4) is 0 Å². The first-order chi connectivity index (χ1) is 7.24. The fourth-order valence-corrected chi connectivity index (χ4v) is 1.46. The molecule has 0 fully saturated rings. The minimum atomic E-state index is -0.217. The summed E-state index contributed by atoms with van der Waals surface area (Å²) in [6.07, 6.45) is 2.55. The first-order valence-corrected chi connectivity index (χ1v) is 5.83. The summed E-state index contributed by atoms with van der Waals surface area (Å²) in [7, 11) is 0. The van der Waals surface area contributed by atoms with Crippen molar-refractivity contribution in [3.63, 3.8) is 0 Å². The summed E-state index contributed by atoms with van der Waals surface area (Å²) < 4.78 is 5.37. The number of aliphatic hydroxyl groups is 1. The summed E-state index contributed by atoms with van der Waals surface area (Å²) in [5.74, 6) is -0.217. The lowest BCUT2D eigenvalue weighted by Gasteiger charge is -2.01. The first-order valence-electron chi connectivity index (χ1n) is 4.75. The van der Waals surface area contributed by atoms with E-state index in [-0.39, 0.29) is 12.5 Å². The fourth-order valence-electron chi connectivity index (χ4n) is 1.07. The van der Waals surface area contributed by atoms with Crippen LogP contribution in [-0.2, 0) is 0 Å². The van der Waals surface area contributed by atoms with Crippen LogP contribution in [0.5, 0.6) is 0 Å². The van der Waals surface area contributed by atoms with Gasteiger partial charge in [0.05, 0.1) is 0 Å². The Morgan fingerprint density at radius 1 is 1.53 bits per heavy atom. The third kappa shape index (κ3) is 4.61. The van der Waals surface area contributed by atoms with Gasteiger partial charge in [-0.05, 0) is 19.3 Å². The van der Waals surface area contributed by atoms with Gasteiger partial charge in [-0.25, -0.2) is 0 Å². The molecule has 6 heteroatoms. The molecule has 0 aliphatic heterocycles. The first kappa shape index (κ1) is 12.4. The van der Waals surface area contributed by atoms with E-state index >= 15 is 0 Å². The van der Waals surface area contributed by atoms with E-state index in [0.29, 0.717) is 16.0 Å². The molecule has 0 atom stereocenters. The topological polar surface area (TPSA) is 75.4 Å². The molecule has 1 amide bonds. The quantitative estimate of drug-likeness (QED) is 0.608. The highest BCUT2D eigenvalue weighted by atomic mass is 127. The standard InChI is InChI=1S/C9H13IN2O3/c10-8-6-7(12-15-8)9(14)11-4-2-1-3-5-13/h6,13H,1-5H2,(H,11,14). The minimum absolute atomic E-state index is 0.204. The van der Waals surface area contributed by atoms with Gasteiger partial charge in [-0.2, -0.15) is 0 Å². The van der Waals surface area contributed by atoms with Gasteiger partial charge in [0.1, 0.15) is 0 Å². The second-order valence-corrected chi connectivity index (χ2v) is 4.12. The third-order valence-electron chi connectivity index (χ3n) is 1.83. The van der Waals surface area contributed by atoms with Gasteiger partial charge in [-0.3, -0.25) is 4.79 Å². The van der Waals surface area contributed by atoms with E-state index in [2.05, 4.69) is 10.5 Å². The van der Waals surface area contributed by atoms with Crippen molar-refractivity contribution in [2.75, 3.05) is 13.2 Å². The van der Waals surface area contributed by atoms with Gasteiger partial charge >= 0.3 is 0 Å². The Morgan fingerprint density at radius 3 is 2.93 bits per heavy atom. The SMILES string of the molecule is O=C(NCCCCCO)c1cc(I)on1. The summed E-state index contributed by atoms with van der Waals surface area (Å²) in [4.78, 5) is 11.4. The Bertz CT molecular complexity index is 314. The molecular formula is C9H13IN2O3. The van der Waals surface area contributed by atoms with E-state index in [1.54, 1.807) is 6.07 Å². The molecule has 0 saturated carbocycles. The van der Waals surface area contributed by atoms with Crippen molar-refractivity contribution in [2.24, 2.45) is 0 Å². The Balaban J connectivity index is 2.19. The zero-order chi connectivity index (χ0) is 11.1. The van der Waals surface area contributed by atoms with Crippen molar-refractivity contribution >= 4 is 28.5 Å². The van der Waals surface area contributed by atoms with Gasteiger partial charge in [0.25, 0.3) is 5.91 Å². The number of nitrogens with one attached hydrogen (secondary N) is 1. The highest BCUT2D eigenvalue weighted by molar-refractivity contribution is 14.1. The number of hydrogen-bond donors (Lipinski definition) is 2. The van der Waals surface area contributed by atoms with E-state index in [0.717, 1.165) is 19.3 Å². The Morgan fingerprint density at radius 2 is 2.33 bits per heavy atom. The van der Waals surface area contributed by atoms with Gasteiger partial charge in [0.15, 0.2) is 9.46 Å². The van der Waals surface area contributed by atoms with Crippen LogP contribution < -0.4 is 5.32 Å². The maximum atomic E-state index is 11.4. The Labute approximate surface area is 101 Å². The zero-order valence-electron chi connectivity index (χ0n) is 8.20. The molecule has 15 heavy (non-hydrogen) atoms. The molecule has 2 N–H and O–H groups in total. The molecule has 0 aromatic carbocycles. The molecule has 1 rings (SSSR count). The molecule has 0 saturated heterocycles. The summed E-state index contributed by atoms with van der Waals surface area (Å²) in [6, 6.07) is 1.59. The molecule has 0 unspecified atom stereocenters. The highest BCUT2D eigenvalue weighted by Gasteiger charge is 2.09. The van der Waals surface area contributed by atoms with Crippen molar-refractivity contribution in [2.45, 2.75) is 19.3 Å². The molecule has 0 spiro atoms. The van der Waals surface area contributed by atoms with E-state index in [9.17, 15) is 4.79 Å². The van der Waals surface area contributed by atoms with Gasteiger partial charge < -0.3 is 14.9 Å². The average Bonchev–Trinajstić information content (AvgIpc) is 2.64. The summed E-state index contributed by atoms with van der Waals surface area (Å²) in [5, 5.41) is 14.9. The molecule has 1 heterocycles. The number of aliphatic hydroxyl groups excluding tert-OH is 1. The summed E-state index contributed by atoms with van der Waals surface area (Å²) in [5.41, 5.74) is 0.307. The van der Waals surface area contributed by atoms with E-state index in [1.807, 2.05) is 22.6 Å². The number of nitrogens with zero attached hydrogens (tertiary/aromatic N) is 1. The van der Waals surface area contributed by atoms with E-state index in [1.165, 1.54) is 0 Å². The van der Waals surface area contributed by atoms with E-state index in [4.69, 9.17) is 9.63 Å². The lowest BCUT2D eigenvalue weighted by molar-refractivity contribution is 0.0943. The summed E-state index contributed by atoms with van der Waals surface area (Å²) in [6.45, 7) is 0.803. The molecule has 84 valence electrons. The summed E-state index contributed by atoms with van der Waals surface area (Å²) >= 11 is 1.95. The monoisotopic (exact) mass is 324 g/mol. The van der Waals surface area contributed by atoms with Crippen LogP contribution in [0, 0.1) is 3.77 Å². The van der Waals surface area contributed by atoms with Crippen molar-refractivity contribution in [1.29, 1.82) is 0 Å². The lowest BCUT2D eigenvalue weighted by atomic mass is 10.2. The van der Waals surface area contributed by atoms with Crippen LogP contribution in [0.25, 0.3) is 0 Å². The van der Waals surface area contributed by atoms with Crippen LogP contribution in [0.2, 0.25) is 0 Å². The number of halogens is 1. The van der Waals surface area contributed by atoms with Crippen molar-refractivity contribution in [1.82, 2.24) is 10.5 Å². The number of rotatable bonds is 6. The average molecular weight is 324 g/mol. The largest absolute Gasteiger partial charge is 0.396 e. The normalized spacial score (nSPS) is 10.3. The van der Waals surface area contributed by atoms with E-state index < -0.39 is 0 Å². The molecule has 0 aliphatic carbocycles. The molecule has 0 radical (unpaired) electrons. The minimum Gasteiger partial charge on any atom is -0.396 e. The van der Waals surface area contributed by atoms with Crippen LogP contribution in [-0.4, -0.2) is 29.3 Å². The van der Waals surface area contributed by atoms with Gasteiger partial charge in [0.2, 0.25) is 0 Å². The molecule has 5 nitrogen and oxygen atoms in total. The number of hydrogen-bond acceptors (Lipinski definition) is 4. The van der Waals surface area contributed by atoms with Gasteiger partial charge in [-0.1, -0.05) is 5.16 Å². The fraction of sp³-hybridized carbons (Fsp3) is 0.556.